The molecule has 92 valence electrons. The van der Waals surface area contributed by atoms with Gasteiger partial charge in [-0.3, -0.25) is 0 Å². The highest BCUT2D eigenvalue weighted by Crippen LogP contribution is 2.31. The zero-order chi connectivity index (χ0) is 12.5. The first-order valence-electron chi connectivity index (χ1n) is 5.85. The van der Waals surface area contributed by atoms with Crippen molar-refractivity contribution in [3.05, 3.63) is 29.4 Å². The fourth-order valence-electron chi connectivity index (χ4n) is 1.94. The molecule has 0 amide bonds. The maximum Gasteiger partial charge on any atom is 0.0956 e. The summed E-state index contributed by atoms with van der Waals surface area (Å²) < 4.78 is 2.21. The van der Waals surface area contributed by atoms with E-state index >= 15 is 0 Å². The van der Waals surface area contributed by atoms with E-state index in [0.29, 0.717) is 12.5 Å². The molecule has 0 saturated carbocycles. The van der Waals surface area contributed by atoms with Gasteiger partial charge in [-0.1, -0.05) is 13.8 Å². The van der Waals surface area contributed by atoms with Gasteiger partial charge >= 0.3 is 0 Å². The number of nitrogens with two attached hydrogens (primary N) is 1. The molecule has 3 nitrogen and oxygen atoms in total. The van der Waals surface area contributed by atoms with Crippen molar-refractivity contribution in [1.29, 1.82) is 0 Å². The molecule has 0 fully saturated rings. The Hall–Kier alpha value is -1.13. The topological polar surface area (TPSA) is 43.8 Å². The minimum atomic E-state index is -0.0895. The van der Waals surface area contributed by atoms with E-state index in [0.717, 1.165) is 5.69 Å². The summed E-state index contributed by atoms with van der Waals surface area (Å²) in [4.78, 5) is 4.29. The Bertz CT molecular complexity index is 473. The van der Waals surface area contributed by atoms with E-state index in [1.807, 2.05) is 12.5 Å². The Morgan fingerprint density at radius 3 is 2.82 bits per heavy atom. The van der Waals surface area contributed by atoms with Crippen LogP contribution in [0.3, 0.4) is 0 Å². The highest BCUT2D eigenvalue weighted by molar-refractivity contribution is 7.08. The van der Waals surface area contributed by atoms with E-state index in [-0.39, 0.29) is 5.54 Å². The monoisotopic (exact) mass is 249 g/mol. The van der Waals surface area contributed by atoms with E-state index in [4.69, 9.17) is 5.73 Å². The second-order valence-electron chi connectivity index (χ2n) is 4.88. The summed E-state index contributed by atoms with van der Waals surface area (Å²) in [7, 11) is 0. The van der Waals surface area contributed by atoms with Crippen molar-refractivity contribution in [1.82, 2.24) is 9.55 Å². The Labute approximate surface area is 106 Å². The molecular formula is C13H19N3S. The van der Waals surface area contributed by atoms with Gasteiger partial charge in [-0.25, -0.2) is 4.98 Å². The van der Waals surface area contributed by atoms with Gasteiger partial charge in [0.15, 0.2) is 0 Å². The van der Waals surface area contributed by atoms with E-state index < -0.39 is 0 Å². The number of hydrogen-bond donors (Lipinski definition) is 1. The van der Waals surface area contributed by atoms with Crippen LogP contribution in [0, 0.1) is 5.92 Å². The van der Waals surface area contributed by atoms with Crippen molar-refractivity contribution in [2.75, 3.05) is 6.54 Å². The number of aromatic nitrogens is 2. The lowest BCUT2D eigenvalue weighted by Crippen LogP contribution is -2.42. The first kappa shape index (κ1) is 12.3. The quantitative estimate of drug-likeness (QED) is 0.905. The van der Waals surface area contributed by atoms with Gasteiger partial charge in [0.25, 0.3) is 0 Å². The molecule has 0 aliphatic carbocycles. The summed E-state index contributed by atoms with van der Waals surface area (Å²) >= 11 is 1.70. The van der Waals surface area contributed by atoms with Crippen molar-refractivity contribution in [3.63, 3.8) is 0 Å². The van der Waals surface area contributed by atoms with Crippen LogP contribution in [0.1, 0.15) is 20.8 Å². The molecule has 0 saturated heterocycles. The zero-order valence-corrected chi connectivity index (χ0v) is 11.4. The summed E-state index contributed by atoms with van der Waals surface area (Å²) in [6, 6.07) is 2.12. The largest absolute Gasteiger partial charge is 0.328 e. The Morgan fingerprint density at radius 2 is 2.29 bits per heavy atom. The van der Waals surface area contributed by atoms with E-state index in [2.05, 4.69) is 47.1 Å². The number of rotatable bonds is 4. The Morgan fingerprint density at radius 1 is 1.53 bits per heavy atom. The van der Waals surface area contributed by atoms with Crippen molar-refractivity contribution >= 4 is 11.3 Å². The summed E-state index contributed by atoms with van der Waals surface area (Å²) in [5.74, 6) is 0.457. The smallest absolute Gasteiger partial charge is 0.0956 e. The molecule has 0 aromatic carbocycles. The lowest BCUT2D eigenvalue weighted by atomic mass is 9.88. The predicted molar refractivity (Wildman–Crippen MR) is 73.1 cm³/mol. The molecule has 2 heterocycles. The van der Waals surface area contributed by atoms with Crippen LogP contribution in [0.4, 0.5) is 0 Å². The molecule has 1 unspecified atom stereocenters. The summed E-state index contributed by atoms with van der Waals surface area (Å²) in [5, 5.41) is 4.23. The van der Waals surface area contributed by atoms with Crippen molar-refractivity contribution in [3.8, 4) is 11.3 Å². The maximum atomic E-state index is 5.98. The third-order valence-electron chi connectivity index (χ3n) is 3.66. The highest BCUT2D eigenvalue weighted by atomic mass is 32.1. The Balaban J connectivity index is 2.50. The number of hydrogen-bond acceptors (Lipinski definition) is 3. The third-order valence-corrected chi connectivity index (χ3v) is 4.35. The molecule has 2 aromatic heterocycles. The molecule has 0 bridgehead atoms. The SMILES string of the molecule is CC(C)C(C)(CN)n1cncc1-c1ccsc1. The second kappa shape index (κ2) is 4.63. The number of imidazole rings is 1. The van der Waals surface area contributed by atoms with Gasteiger partial charge in [0.05, 0.1) is 23.8 Å². The molecule has 2 N–H and O–H groups in total. The lowest BCUT2D eigenvalue weighted by molar-refractivity contribution is 0.233. The molecule has 2 rings (SSSR count). The number of nitrogens with zero attached hydrogens (tertiary/aromatic N) is 2. The molecule has 0 radical (unpaired) electrons. The van der Waals surface area contributed by atoms with Gasteiger partial charge < -0.3 is 10.3 Å². The average Bonchev–Trinajstić information content (AvgIpc) is 2.97. The van der Waals surface area contributed by atoms with Crippen LogP contribution in [0.5, 0.6) is 0 Å². The highest BCUT2D eigenvalue weighted by Gasteiger charge is 2.30. The van der Waals surface area contributed by atoms with E-state index in [1.54, 1.807) is 11.3 Å². The van der Waals surface area contributed by atoms with Crippen LogP contribution in [0.25, 0.3) is 11.3 Å². The first-order valence-corrected chi connectivity index (χ1v) is 6.79. The standard InChI is InChI=1S/C13H19N3S/c1-10(2)13(3,8-14)16-9-15-6-12(16)11-4-5-17-7-11/h4-7,9-10H,8,14H2,1-3H3. The molecule has 0 aliphatic rings. The van der Waals surface area contributed by atoms with Gasteiger partial charge in [0.1, 0.15) is 0 Å². The van der Waals surface area contributed by atoms with Crippen LogP contribution >= 0.6 is 11.3 Å². The zero-order valence-electron chi connectivity index (χ0n) is 10.6. The van der Waals surface area contributed by atoms with Crippen LogP contribution < -0.4 is 5.73 Å². The van der Waals surface area contributed by atoms with E-state index in [9.17, 15) is 0 Å². The maximum absolute atomic E-state index is 5.98. The predicted octanol–water partition coefficient (Wildman–Crippen LogP) is 2.94. The van der Waals surface area contributed by atoms with Crippen LogP contribution in [-0.4, -0.2) is 16.1 Å². The van der Waals surface area contributed by atoms with Gasteiger partial charge in [0, 0.05) is 17.5 Å². The number of thiophene rings is 1. The second-order valence-corrected chi connectivity index (χ2v) is 5.66. The molecule has 1 atom stereocenters. The molecule has 0 spiro atoms. The fraction of sp³-hybridized carbons (Fsp3) is 0.462. The first-order chi connectivity index (χ1) is 8.09. The minimum Gasteiger partial charge on any atom is -0.328 e. The van der Waals surface area contributed by atoms with Crippen LogP contribution in [0.2, 0.25) is 0 Å². The molecule has 2 aromatic rings. The molecule has 17 heavy (non-hydrogen) atoms. The van der Waals surface area contributed by atoms with Crippen LogP contribution in [0.15, 0.2) is 29.4 Å². The Kier molecular flexibility index (Phi) is 3.35. The summed E-state index contributed by atoms with van der Waals surface area (Å²) in [6.45, 7) is 7.20. The van der Waals surface area contributed by atoms with Gasteiger partial charge in [-0.15, -0.1) is 0 Å². The molecular weight excluding hydrogens is 230 g/mol. The molecule has 0 aliphatic heterocycles. The van der Waals surface area contributed by atoms with E-state index in [1.165, 1.54) is 5.56 Å². The molecule has 4 heteroatoms. The van der Waals surface area contributed by atoms with Gasteiger partial charge in [-0.2, -0.15) is 11.3 Å². The summed E-state index contributed by atoms with van der Waals surface area (Å²) in [5.41, 5.74) is 8.25. The fourth-order valence-corrected chi connectivity index (χ4v) is 2.59. The summed E-state index contributed by atoms with van der Waals surface area (Å²) in [6.07, 6.45) is 3.80. The van der Waals surface area contributed by atoms with Crippen molar-refractivity contribution in [2.45, 2.75) is 26.3 Å². The lowest BCUT2D eigenvalue weighted by Gasteiger charge is -2.35. The van der Waals surface area contributed by atoms with Crippen molar-refractivity contribution < 1.29 is 0 Å². The average molecular weight is 249 g/mol. The third kappa shape index (κ3) is 2.03. The van der Waals surface area contributed by atoms with Crippen molar-refractivity contribution in [2.24, 2.45) is 11.7 Å². The minimum absolute atomic E-state index is 0.0895. The van der Waals surface area contributed by atoms with Crippen LogP contribution in [-0.2, 0) is 5.54 Å². The van der Waals surface area contributed by atoms with Gasteiger partial charge in [-0.05, 0) is 24.3 Å². The normalized spacial score (nSPS) is 15.1. The van der Waals surface area contributed by atoms with Gasteiger partial charge in [0.2, 0.25) is 0 Å².